The number of terminal acetylenes is 1. The second kappa shape index (κ2) is 28.0. The second-order valence-electron chi connectivity index (χ2n) is 16.9. The van der Waals surface area contributed by atoms with E-state index < -0.39 is 47.3 Å². The van der Waals surface area contributed by atoms with E-state index in [0.29, 0.717) is 46.0 Å². The maximum absolute atomic E-state index is 13.7. The Balaban J connectivity index is 0.00000232. The molecule has 0 saturated heterocycles. The van der Waals surface area contributed by atoms with E-state index in [0.717, 1.165) is 11.1 Å². The van der Waals surface area contributed by atoms with Crippen molar-refractivity contribution < 1.29 is 38.2 Å². The van der Waals surface area contributed by atoms with Crippen molar-refractivity contribution in [3.8, 4) is 47.4 Å². The van der Waals surface area contributed by atoms with Crippen LogP contribution in [0, 0.1) is 35.0 Å². The largest absolute Gasteiger partial charge is 0.485 e. The smallest absolute Gasteiger partial charge is 0.338 e. The Bertz CT molecular complexity index is 3060. The van der Waals surface area contributed by atoms with Gasteiger partial charge in [-0.15, -0.1) is 12.3 Å². The van der Waals surface area contributed by atoms with E-state index in [1.165, 1.54) is 49.4 Å². The first kappa shape index (κ1) is 59.1. The molecule has 0 saturated carbocycles. The summed E-state index contributed by atoms with van der Waals surface area (Å²) in [7, 11) is 0. The molecule has 5 aromatic carbocycles. The van der Waals surface area contributed by atoms with Gasteiger partial charge in [-0.3, -0.25) is 19.2 Å². The van der Waals surface area contributed by atoms with Crippen LogP contribution in [0.3, 0.4) is 0 Å². The fourth-order valence-corrected chi connectivity index (χ4v) is 6.91. The van der Waals surface area contributed by atoms with Crippen LogP contribution in [-0.4, -0.2) is 63.5 Å². The third-order valence-electron chi connectivity index (χ3n) is 10.0. The number of nitriles is 2. The first-order valence-corrected chi connectivity index (χ1v) is 23.4. The minimum absolute atomic E-state index is 0. The first-order valence-electron chi connectivity index (χ1n) is 23.4. The fourth-order valence-electron chi connectivity index (χ4n) is 6.91. The van der Waals surface area contributed by atoms with E-state index >= 15 is 0 Å². The Morgan fingerprint density at radius 2 is 1.38 bits per heavy atom. The SMILES string of the molecule is C.C#CCC(NC(=O)c1ccc(-c2nc3cc(C#N)ccc3n2CC)cc1)C(=O)Nc1ccc(C(=O)Nc2ccc(C(=O)Nc3ccc(C(=O)OC(C)(C)C)cc3)c(OCC=C)c2OC(C)C)cc1.CC.CC#N. The summed E-state index contributed by atoms with van der Waals surface area (Å²) >= 11 is 0. The van der Waals surface area contributed by atoms with Gasteiger partial charge in [0.25, 0.3) is 17.7 Å². The molecule has 0 aliphatic heterocycles. The van der Waals surface area contributed by atoms with Crippen molar-refractivity contribution in [2.75, 3.05) is 22.6 Å². The highest BCUT2D eigenvalue weighted by molar-refractivity contribution is 6.10. The third-order valence-corrected chi connectivity index (χ3v) is 10.0. The normalized spacial score (nSPS) is 10.6. The highest BCUT2D eigenvalue weighted by Crippen LogP contribution is 2.40. The molecule has 1 aromatic heterocycles. The molecule has 0 radical (unpaired) electrons. The zero-order valence-electron chi connectivity index (χ0n) is 42.5. The number of carbonyl (C=O) groups is 5. The van der Waals surface area contributed by atoms with Gasteiger partial charge in [0.2, 0.25) is 5.91 Å². The van der Waals surface area contributed by atoms with Crippen LogP contribution in [0.4, 0.5) is 17.1 Å². The van der Waals surface area contributed by atoms with Crippen LogP contribution in [0.25, 0.3) is 22.4 Å². The van der Waals surface area contributed by atoms with Crippen LogP contribution >= 0.6 is 0 Å². The number of nitrogens with zero attached hydrogens (tertiary/aromatic N) is 4. The molecule has 0 aliphatic rings. The molecule has 1 atom stereocenters. The number of benzene rings is 5. The molecule has 384 valence electrons. The standard InChI is InChI=1S/C53H51N7O8.C2H3N.C2H6.CH4/c1-9-12-42(59-49(62)35-16-14-34(15-17-35)47-57-43-30-33(31-54)13-28-44(43)60(47)11-3)51(64)56-39-22-18-36(19-23-39)48(61)58-41-27-26-40(45(66-29-10-2)46(41)67-32(4)5)50(63)55-38-24-20-37(21-25-38)52(65)68-53(6,7)8;1-2-3;1-2;/h1,10,13-28,30,32,42H,2,11-12,29H2,3-8H3,(H,55,63)(H,56,64)(H,58,61)(H,59,62);1H3;1-2H3;1H4. The number of aryl methyl sites for hydroxylation is 1. The van der Waals surface area contributed by atoms with E-state index in [9.17, 15) is 29.2 Å². The van der Waals surface area contributed by atoms with Crippen molar-refractivity contribution in [3.05, 3.63) is 144 Å². The molecule has 6 rings (SSSR count). The Kier molecular flexibility index (Phi) is 22.4. The number of fused-ring (bicyclic) bond motifs is 1. The lowest BCUT2D eigenvalue weighted by Crippen LogP contribution is -2.43. The van der Waals surface area contributed by atoms with Gasteiger partial charge in [-0.1, -0.05) is 46.1 Å². The van der Waals surface area contributed by atoms with Crippen molar-refractivity contribution in [2.45, 2.75) is 100 Å². The minimum Gasteiger partial charge on any atom is -0.485 e. The molecule has 0 fully saturated rings. The predicted molar refractivity (Wildman–Crippen MR) is 290 cm³/mol. The number of amides is 4. The summed E-state index contributed by atoms with van der Waals surface area (Å²) < 4.78 is 19.6. The molecule has 0 aliphatic carbocycles. The van der Waals surface area contributed by atoms with Crippen LogP contribution in [0.5, 0.6) is 11.5 Å². The molecule has 0 spiro atoms. The first-order chi connectivity index (χ1) is 34.9. The zero-order valence-corrected chi connectivity index (χ0v) is 42.5. The van der Waals surface area contributed by atoms with Crippen LogP contribution in [0.1, 0.15) is 123 Å². The molecular weight excluding hydrogens is 937 g/mol. The number of rotatable bonds is 17. The van der Waals surface area contributed by atoms with Gasteiger partial charge in [0.1, 0.15) is 24.1 Å². The van der Waals surface area contributed by atoms with Crippen molar-refractivity contribution in [3.63, 3.8) is 0 Å². The van der Waals surface area contributed by atoms with E-state index in [2.05, 4.69) is 39.8 Å². The van der Waals surface area contributed by atoms with Gasteiger partial charge >= 0.3 is 5.97 Å². The van der Waals surface area contributed by atoms with E-state index in [4.69, 9.17) is 30.9 Å². The molecular formula is C58H64N8O8. The second-order valence-corrected chi connectivity index (χ2v) is 16.9. The summed E-state index contributed by atoms with van der Waals surface area (Å²) in [5.41, 5.74) is 4.09. The average Bonchev–Trinajstić information content (AvgIpc) is 3.74. The summed E-state index contributed by atoms with van der Waals surface area (Å²) in [6.45, 7) is 20.7. The summed E-state index contributed by atoms with van der Waals surface area (Å²) in [4.78, 5) is 71.4. The van der Waals surface area contributed by atoms with Gasteiger partial charge in [0, 0.05) is 48.0 Å². The Labute approximate surface area is 433 Å². The highest BCUT2D eigenvalue weighted by Gasteiger charge is 2.26. The van der Waals surface area contributed by atoms with Gasteiger partial charge in [-0.25, -0.2) is 9.78 Å². The number of hydrogen-bond acceptors (Lipinski definition) is 11. The number of aromatic nitrogens is 2. The molecule has 4 N–H and O–H groups in total. The predicted octanol–water partition coefficient (Wildman–Crippen LogP) is 11.4. The monoisotopic (exact) mass is 1000 g/mol. The summed E-state index contributed by atoms with van der Waals surface area (Å²) in [5, 5.41) is 27.8. The van der Waals surface area contributed by atoms with Crippen molar-refractivity contribution in [2.24, 2.45) is 0 Å². The minimum atomic E-state index is -1.08. The van der Waals surface area contributed by atoms with Crippen LogP contribution in [0.2, 0.25) is 0 Å². The van der Waals surface area contributed by atoms with Gasteiger partial charge in [-0.05, 0) is 133 Å². The molecule has 74 heavy (non-hydrogen) atoms. The molecule has 16 nitrogen and oxygen atoms in total. The van der Waals surface area contributed by atoms with Crippen LogP contribution in [-0.2, 0) is 16.1 Å². The van der Waals surface area contributed by atoms with Crippen molar-refractivity contribution in [1.29, 1.82) is 10.5 Å². The highest BCUT2D eigenvalue weighted by atomic mass is 16.6. The number of esters is 1. The maximum atomic E-state index is 13.7. The van der Waals surface area contributed by atoms with Gasteiger partial charge < -0.3 is 40.0 Å². The van der Waals surface area contributed by atoms with E-state index in [-0.39, 0.29) is 48.8 Å². The molecule has 16 heteroatoms. The Morgan fingerprint density at radius 3 is 1.93 bits per heavy atom. The van der Waals surface area contributed by atoms with Gasteiger partial charge in [0.15, 0.2) is 11.5 Å². The van der Waals surface area contributed by atoms with Crippen LogP contribution in [0.15, 0.2) is 116 Å². The lowest BCUT2D eigenvalue weighted by Gasteiger charge is -2.21. The molecule has 6 aromatic rings. The number of nitrogens with one attached hydrogen (secondary N) is 4. The van der Waals surface area contributed by atoms with Crippen molar-refractivity contribution >= 4 is 57.7 Å². The van der Waals surface area contributed by atoms with E-state index in [1.807, 2.05) is 31.4 Å². The summed E-state index contributed by atoms with van der Waals surface area (Å²) in [6.07, 6.45) is 6.61. The third kappa shape index (κ3) is 15.9. The number of ether oxygens (including phenoxy) is 3. The fraction of sp³-hybridized carbons (Fsp3) is 0.276. The molecule has 1 unspecified atom stereocenters. The van der Waals surface area contributed by atoms with Gasteiger partial charge in [-0.2, -0.15) is 10.5 Å². The maximum Gasteiger partial charge on any atom is 0.338 e. The van der Waals surface area contributed by atoms with Crippen molar-refractivity contribution in [1.82, 2.24) is 14.9 Å². The molecule has 1 heterocycles. The van der Waals surface area contributed by atoms with E-state index in [1.54, 1.807) is 101 Å². The molecule has 0 bridgehead atoms. The lowest BCUT2D eigenvalue weighted by molar-refractivity contribution is -0.117. The number of hydrogen-bond donors (Lipinski definition) is 4. The average molecular weight is 1000 g/mol. The quantitative estimate of drug-likeness (QED) is 0.0382. The number of imidazole rings is 1. The topological polar surface area (TPSA) is 227 Å². The number of anilines is 3. The number of carbonyl (C=O) groups excluding carboxylic acids is 5. The Hall–Kier alpha value is -9.20. The summed E-state index contributed by atoms with van der Waals surface area (Å²) in [5.74, 6) is 0.653. The Morgan fingerprint density at radius 1 is 0.797 bits per heavy atom. The van der Waals surface area contributed by atoms with Crippen LogP contribution < -0.4 is 30.7 Å². The molecule has 4 amide bonds. The lowest BCUT2D eigenvalue weighted by atomic mass is 10.1. The van der Waals surface area contributed by atoms with Gasteiger partial charge in [0.05, 0.1) is 51.7 Å². The summed E-state index contributed by atoms with van der Waals surface area (Å²) in [6, 6.07) is 30.3. The zero-order chi connectivity index (χ0) is 53.8.